The molecule has 0 radical (unpaired) electrons. The Morgan fingerprint density at radius 3 is 2.53 bits per heavy atom. The summed E-state index contributed by atoms with van der Waals surface area (Å²) in [7, 11) is 0. The van der Waals surface area contributed by atoms with Gasteiger partial charge in [-0.1, -0.05) is 13.8 Å². The van der Waals surface area contributed by atoms with E-state index in [0.29, 0.717) is 6.42 Å². The van der Waals surface area contributed by atoms with Crippen LogP contribution in [0.3, 0.4) is 0 Å². The van der Waals surface area contributed by atoms with E-state index in [1.54, 1.807) is 0 Å². The molecule has 1 saturated heterocycles. The van der Waals surface area contributed by atoms with E-state index in [4.69, 9.17) is 4.74 Å². The van der Waals surface area contributed by atoms with Crippen molar-refractivity contribution in [3.05, 3.63) is 0 Å². The molecular formula is C14H27NO2. The Kier molecular flexibility index (Phi) is 4.99. The average molecular weight is 241 g/mol. The van der Waals surface area contributed by atoms with E-state index in [1.165, 1.54) is 6.42 Å². The zero-order chi connectivity index (χ0) is 13.1. The molecule has 3 heteroatoms. The molecule has 1 unspecified atom stereocenters. The number of carbonyl (C=O) groups is 1. The second kappa shape index (κ2) is 5.85. The topological polar surface area (TPSA) is 29.5 Å². The Morgan fingerprint density at radius 1 is 1.41 bits per heavy atom. The SMILES string of the molecule is CC(C)C1CCN(CCC(=O)OC(C)(C)C)C1. The van der Waals surface area contributed by atoms with Crippen LogP contribution in [-0.2, 0) is 9.53 Å². The Labute approximate surface area is 106 Å². The van der Waals surface area contributed by atoms with Crippen LogP contribution < -0.4 is 0 Å². The molecule has 1 rings (SSSR count). The molecule has 0 aromatic heterocycles. The molecule has 0 aliphatic carbocycles. The summed E-state index contributed by atoms with van der Waals surface area (Å²) in [4.78, 5) is 14.0. The Balaban J connectivity index is 2.22. The van der Waals surface area contributed by atoms with Gasteiger partial charge in [0.1, 0.15) is 5.60 Å². The molecule has 0 amide bonds. The molecule has 0 saturated carbocycles. The zero-order valence-corrected chi connectivity index (χ0v) is 12.0. The van der Waals surface area contributed by atoms with Gasteiger partial charge in [-0.05, 0) is 45.6 Å². The van der Waals surface area contributed by atoms with Crippen molar-refractivity contribution in [3.63, 3.8) is 0 Å². The monoisotopic (exact) mass is 241 g/mol. The van der Waals surface area contributed by atoms with Crippen molar-refractivity contribution in [1.29, 1.82) is 0 Å². The van der Waals surface area contributed by atoms with Crippen molar-refractivity contribution in [2.45, 2.75) is 53.1 Å². The van der Waals surface area contributed by atoms with Gasteiger partial charge >= 0.3 is 5.97 Å². The molecular weight excluding hydrogens is 214 g/mol. The van der Waals surface area contributed by atoms with Crippen molar-refractivity contribution < 1.29 is 9.53 Å². The highest BCUT2D eigenvalue weighted by Crippen LogP contribution is 2.23. The van der Waals surface area contributed by atoms with Gasteiger partial charge in [0.2, 0.25) is 0 Å². The van der Waals surface area contributed by atoms with Gasteiger partial charge in [-0.15, -0.1) is 0 Å². The summed E-state index contributed by atoms with van der Waals surface area (Å²) in [5.74, 6) is 1.47. The van der Waals surface area contributed by atoms with E-state index >= 15 is 0 Å². The highest BCUT2D eigenvalue weighted by Gasteiger charge is 2.25. The molecule has 100 valence electrons. The minimum atomic E-state index is -0.359. The fourth-order valence-corrected chi connectivity index (χ4v) is 2.25. The van der Waals surface area contributed by atoms with Crippen LogP contribution in [-0.4, -0.2) is 36.1 Å². The minimum absolute atomic E-state index is 0.0782. The molecule has 0 N–H and O–H groups in total. The lowest BCUT2D eigenvalue weighted by Gasteiger charge is -2.21. The van der Waals surface area contributed by atoms with Crippen LogP contribution in [0.25, 0.3) is 0 Å². The zero-order valence-electron chi connectivity index (χ0n) is 12.0. The number of esters is 1. The van der Waals surface area contributed by atoms with E-state index < -0.39 is 0 Å². The predicted octanol–water partition coefficient (Wildman–Crippen LogP) is 2.70. The number of carbonyl (C=O) groups excluding carboxylic acids is 1. The third-order valence-electron chi connectivity index (χ3n) is 3.30. The van der Waals surface area contributed by atoms with E-state index in [9.17, 15) is 4.79 Å². The number of rotatable bonds is 4. The number of hydrogen-bond acceptors (Lipinski definition) is 3. The van der Waals surface area contributed by atoms with Gasteiger partial charge in [0.15, 0.2) is 0 Å². The fourth-order valence-electron chi connectivity index (χ4n) is 2.25. The highest BCUT2D eigenvalue weighted by atomic mass is 16.6. The molecule has 1 aliphatic heterocycles. The quantitative estimate of drug-likeness (QED) is 0.709. The minimum Gasteiger partial charge on any atom is -0.460 e. The average Bonchev–Trinajstić information content (AvgIpc) is 2.60. The summed E-state index contributed by atoms with van der Waals surface area (Å²) in [5.41, 5.74) is -0.359. The fraction of sp³-hybridized carbons (Fsp3) is 0.929. The summed E-state index contributed by atoms with van der Waals surface area (Å²) in [6, 6.07) is 0. The lowest BCUT2D eigenvalue weighted by atomic mass is 9.95. The van der Waals surface area contributed by atoms with E-state index in [2.05, 4.69) is 18.7 Å². The van der Waals surface area contributed by atoms with Gasteiger partial charge < -0.3 is 9.64 Å². The third-order valence-corrected chi connectivity index (χ3v) is 3.30. The number of ether oxygens (including phenoxy) is 1. The second-order valence-electron chi connectivity index (χ2n) is 6.43. The van der Waals surface area contributed by atoms with Gasteiger partial charge in [0.05, 0.1) is 6.42 Å². The molecule has 0 aromatic carbocycles. The van der Waals surface area contributed by atoms with Crippen molar-refractivity contribution in [3.8, 4) is 0 Å². The Bertz CT molecular complexity index is 255. The van der Waals surface area contributed by atoms with Crippen LogP contribution in [0.15, 0.2) is 0 Å². The van der Waals surface area contributed by atoms with Gasteiger partial charge in [0.25, 0.3) is 0 Å². The molecule has 17 heavy (non-hydrogen) atoms. The first kappa shape index (κ1) is 14.5. The maximum Gasteiger partial charge on any atom is 0.307 e. The molecule has 1 heterocycles. The molecule has 1 fully saturated rings. The largest absolute Gasteiger partial charge is 0.460 e. The lowest BCUT2D eigenvalue weighted by Crippen LogP contribution is -2.29. The van der Waals surface area contributed by atoms with Crippen molar-refractivity contribution in [2.75, 3.05) is 19.6 Å². The molecule has 0 spiro atoms. The van der Waals surface area contributed by atoms with Crippen LogP contribution in [0.1, 0.15) is 47.5 Å². The van der Waals surface area contributed by atoms with Crippen molar-refractivity contribution in [1.82, 2.24) is 4.90 Å². The van der Waals surface area contributed by atoms with Gasteiger partial charge in [-0.3, -0.25) is 4.79 Å². The first-order valence-corrected chi connectivity index (χ1v) is 6.72. The normalized spacial score (nSPS) is 22.1. The van der Waals surface area contributed by atoms with Gasteiger partial charge in [-0.25, -0.2) is 0 Å². The number of likely N-dealkylation sites (tertiary alicyclic amines) is 1. The van der Waals surface area contributed by atoms with Crippen LogP contribution >= 0.6 is 0 Å². The standard InChI is InChI=1S/C14H27NO2/c1-11(2)12-6-8-15(10-12)9-7-13(16)17-14(3,4)5/h11-12H,6-10H2,1-5H3. The van der Waals surface area contributed by atoms with Crippen LogP contribution in [0, 0.1) is 11.8 Å². The molecule has 3 nitrogen and oxygen atoms in total. The van der Waals surface area contributed by atoms with Crippen molar-refractivity contribution in [2.24, 2.45) is 11.8 Å². The van der Waals surface area contributed by atoms with E-state index in [0.717, 1.165) is 31.5 Å². The summed E-state index contributed by atoms with van der Waals surface area (Å²) in [6.07, 6.45) is 1.79. The second-order valence-corrected chi connectivity index (χ2v) is 6.43. The summed E-state index contributed by atoms with van der Waals surface area (Å²) in [5, 5.41) is 0. The molecule has 0 aromatic rings. The Hall–Kier alpha value is -0.570. The van der Waals surface area contributed by atoms with Gasteiger partial charge in [-0.2, -0.15) is 0 Å². The molecule has 0 bridgehead atoms. The molecule has 1 aliphatic rings. The van der Waals surface area contributed by atoms with Crippen LogP contribution in [0.5, 0.6) is 0 Å². The maximum absolute atomic E-state index is 11.6. The van der Waals surface area contributed by atoms with Crippen molar-refractivity contribution >= 4 is 5.97 Å². The third kappa shape index (κ3) is 5.53. The van der Waals surface area contributed by atoms with Crippen LogP contribution in [0.2, 0.25) is 0 Å². The summed E-state index contributed by atoms with van der Waals surface area (Å²) in [6.45, 7) is 13.4. The smallest absolute Gasteiger partial charge is 0.307 e. The Morgan fingerprint density at radius 2 is 2.06 bits per heavy atom. The predicted molar refractivity (Wildman–Crippen MR) is 69.8 cm³/mol. The summed E-state index contributed by atoms with van der Waals surface area (Å²) >= 11 is 0. The van der Waals surface area contributed by atoms with E-state index in [1.807, 2.05) is 20.8 Å². The summed E-state index contributed by atoms with van der Waals surface area (Å²) < 4.78 is 5.31. The maximum atomic E-state index is 11.6. The first-order valence-electron chi connectivity index (χ1n) is 6.72. The van der Waals surface area contributed by atoms with Gasteiger partial charge in [0, 0.05) is 13.1 Å². The van der Waals surface area contributed by atoms with Crippen LogP contribution in [0.4, 0.5) is 0 Å². The highest BCUT2D eigenvalue weighted by molar-refractivity contribution is 5.70. The lowest BCUT2D eigenvalue weighted by molar-refractivity contribution is -0.155. The molecule has 1 atom stereocenters. The van der Waals surface area contributed by atoms with E-state index in [-0.39, 0.29) is 11.6 Å². The number of hydrogen-bond donors (Lipinski definition) is 0. The number of nitrogens with zero attached hydrogens (tertiary/aromatic N) is 1. The first-order chi connectivity index (χ1) is 7.78.